The molecule has 0 radical (unpaired) electrons. The molecule has 0 saturated carbocycles. The molecule has 0 aliphatic rings. The standard InChI is InChI=1S/C24H52NO4P/c1-4-5-6-7-8-9-10-11-12-13-14-15-16-19-22-25(2,3)23-20-17-18-21-24-29-30(26,27)28/h4-24H2,1-3H3,(H-,26,27,28)/p+1. The van der Waals surface area contributed by atoms with E-state index in [4.69, 9.17) is 9.79 Å². The lowest BCUT2D eigenvalue weighted by atomic mass is 10.0. The van der Waals surface area contributed by atoms with Gasteiger partial charge in [0.1, 0.15) is 0 Å². The molecule has 0 spiro atoms. The fraction of sp³-hybridized carbons (Fsp3) is 1.00. The molecule has 5 nitrogen and oxygen atoms in total. The summed E-state index contributed by atoms with van der Waals surface area (Å²) in [5.74, 6) is 0. The SMILES string of the molecule is CCCCCCCCCCCCCCCC[N+](C)(C)CCCCCCOP(=O)(O)O. The van der Waals surface area contributed by atoms with E-state index in [1.54, 1.807) is 0 Å². The Morgan fingerprint density at radius 1 is 0.600 bits per heavy atom. The highest BCUT2D eigenvalue weighted by Gasteiger charge is 2.14. The van der Waals surface area contributed by atoms with E-state index in [2.05, 4.69) is 25.5 Å². The Labute approximate surface area is 187 Å². The molecule has 0 bridgehead atoms. The topological polar surface area (TPSA) is 66.8 Å². The number of phosphoric acid groups is 1. The van der Waals surface area contributed by atoms with Gasteiger partial charge in [-0.25, -0.2) is 4.57 Å². The second kappa shape index (κ2) is 19.7. The molecular weight excluding hydrogens is 397 g/mol. The number of unbranched alkanes of at least 4 members (excludes halogenated alkanes) is 16. The Kier molecular flexibility index (Phi) is 19.8. The van der Waals surface area contributed by atoms with Gasteiger partial charge in [-0.1, -0.05) is 90.4 Å². The molecule has 0 aromatic rings. The lowest BCUT2D eigenvalue weighted by molar-refractivity contribution is -0.890. The highest BCUT2D eigenvalue weighted by atomic mass is 31.2. The van der Waals surface area contributed by atoms with E-state index in [-0.39, 0.29) is 6.61 Å². The molecule has 2 N–H and O–H groups in total. The van der Waals surface area contributed by atoms with Gasteiger partial charge in [0, 0.05) is 0 Å². The normalized spacial score (nSPS) is 12.6. The van der Waals surface area contributed by atoms with Crippen molar-refractivity contribution >= 4 is 7.82 Å². The summed E-state index contributed by atoms with van der Waals surface area (Å²) in [7, 11) is 0.352. The minimum absolute atomic E-state index is 0.154. The number of hydrogen-bond donors (Lipinski definition) is 2. The lowest BCUT2D eigenvalue weighted by Gasteiger charge is -2.30. The van der Waals surface area contributed by atoms with Gasteiger partial charge in [-0.2, -0.15) is 0 Å². The van der Waals surface area contributed by atoms with Gasteiger partial charge in [0.05, 0.1) is 33.8 Å². The second-order valence-electron chi connectivity index (χ2n) is 9.72. The zero-order valence-corrected chi connectivity index (χ0v) is 21.3. The zero-order valence-electron chi connectivity index (χ0n) is 20.5. The van der Waals surface area contributed by atoms with Crippen LogP contribution in [-0.4, -0.2) is 48.1 Å². The number of phosphoric ester groups is 1. The molecule has 0 aliphatic heterocycles. The van der Waals surface area contributed by atoms with Gasteiger partial charge in [-0.05, 0) is 32.1 Å². The lowest BCUT2D eigenvalue weighted by Crippen LogP contribution is -2.41. The van der Waals surface area contributed by atoms with Crippen LogP contribution in [0.4, 0.5) is 0 Å². The molecule has 0 aromatic carbocycles. The minimum Gasteiger partial charge on any atom is -0.328 e. The molecule has 0 saturated heterocycles. The van der Waals surface area contributed by atoms with Gasteiger partial charge < -0.3 is 14.3 Å². The van der Waals surface area contributed by atoms with E-state index in [0.717, 1.165) is 23.7 Å². The first-order chi connectivity index (χ1) is 14.3. The number of nitrogens with zero attached hydrogens (tertiary/aromatic N) is 1. The van der Waals surface area contributed by atoms with E-state index in [0.29, 0.717) is 0 Å². The summed E-state index contributed by atoms with van der Waals surface area (Å²) >= 11 is 0. The Morgan fingerprint density at radius 2 is 0.933 bits per heavy atom. The third-order valence-electron chi connectivity index (χ3n) is 6.03. The van der Waals surface area contributed by atoms with Gasteiger partial charge in [0.25, 0.3) is 0 Å². The van der Waals surface area contributed by atoms with E-state index in [9.17, 15) is 4.57 Å². The van der Waals surface area contributed by atoms with Crippen molar-refractivity contribution < 1.29 is 23.4 Å². The second-order valence-corrected chi connectivity index (χ2v) is 11.0. The third-order valence-corrected chi connectivity index (χ3v) is 6.55. The van der Waals surface area contributed by atoms with Crippen molar-refractivity contribution in [1.82, 2.24) is 0 Å². The van der Waals surface area contributed by atoms with Crippen molar-refractivity contribution in [1.29, 1.82) is 0 Å². The number of hydrogen-bond acceptors (Lipinski definition) is 2. The Morgan fingerprint density at radius 3 is 1.30 bits per heavy atom. The van der Waals surface area contributed by atoms with Crippen LogP contribution in [0.25, 0.3) is 0 Å². The van der Waals surface area contributed by atoms with Gasteiger partial charge >= 0.3 is 7.82 Å². The minimum atomic E-state index is -4.29. The van der Waals surface area contributed by atoms with Crippen LogP contribution < -0.4 is 0 Å². The summed E-state index contributed by atoms with van der Waals surface area (Å²) in [5, 5.41) is 0. The highest BCUT2D eigenvalue weighted by Crippen LogP contribution is 2.35. The Hall–Kier alpha value is 0.0700. The Bertz CT molecular complexity index is 412. The maximum absolute atomic E-state index is 10.6. The van der Waals surface area contributed by atoms with Crippen molar-refractivity contribution in [2.75, 3.05) is 33.8 Å². The van der Waals surface area contributed by atoms with Crippen molar-refractivity contribution in [3.05, 3.63) is 0 Å². The van der Waals surface area contributed by atoms with Crippen molar-refractivity contribution in [3.8, 4) is 0 Å². The van der Waals surface area contributed by atoms with Crippen molar-refractivity contribution in [2.45, 2.75) is 122 Å². The van der Waals surface area contributed by atoms with Crippen LogP contribution in [0.1, 0.15) is 122 Å². The fourth-order valence-corrected chi connectivity index (χ4v) is 4.39. The van der Waals surface area contributed by atoms with Gasteiger partial charge in [-0.15, -0.1) is 0 Å². The summed E-state index contributed by atoms with van der Waals surface area (Å²) in [6, 6.07) is 0. The van der Waals surface area contributed by atoms with E-state index in [1.807, 2.05) is 0 Å². The van der Waals surface area contributed by atoms with Crippen LogP contribution in [0.3, 0.4) is 0 Å². The average molecular weight is 451 g/mol. The predicted octanol–water partition coefficient (Wildman–Crippen LogP) is 7.21. The molecule has 0 amide bonds. The third kappa shape index (κ3) is 24.3. The highest BCUT2D eigenvalue weighted by molar-refractivity contribution is 7.46. The summed E-state index contributed by atoms with van der Waals surface area (Å²) in [5.41, 5.74) is 0. The maximum atomic E-state index is 10.6. The average Bonchev–Trinajstić information content (AvgIpc) is 2.66. The first-order valence-corrected chi connectivity index (χ1v) is 14.3. The monoisotopic (exact) mass is 450 g/mol. The number of quaternary nitrogens is 1. The summed E-state index contributed by atoms with van der Waals surface area (Å²) in [6.45, 7) is 4.86. The molecule has 6 heteroatoms. The molecule has 0 rings (SSSR count). The molecule has 0 aromatic heterocycles. The molecule has 0 fully saturated rings. The summed E-state index contributed by atoms with van der Waals surface area (Å²) in [6.07, 6.45) is 23.7. The predicted molar refractivity (Wildman–Crippen MR) is 129 cm³/mol. The van der Waals surface area contributed by atoms with Crippen molar-refractivity contribution in [2.24, 2.45) is 0 Å². The summed E-state index contributed by atoms with van der Waals surface area (Å²) < 4.78 is 16.1. The van der Waals surface area contributed by atoms with Crippen LogP contribution in [0.5, 0.6) is 0 Å². The van der Waals surface area contributed by atoms with Crippen LogP contribution in [-0.2, 0) is 9.09 Å². The van der Waals surface area contributed by atoms with Gasteiger partial charge in [0.15, 0.2) is 0 Å². The van der Waals surface area contributed by atoms with Crippen LogP contribution in [0.15, 0.2) is 0 Å². The molecule has 0 aliphatic carbocycles. The van der Waals surface area contributed by atoms with E-state index < -0.39 is 7.82 Å². The Balaban J connectivity index is 3.34. The first-order valence-electron chi connectivity index (χ1n) is 12.8. The molecule has 182 valence electrons. The van der Waals surface area contributed by atoms with Crippen LogP contribution in [0.2, 0.25) is 0 Å². The molecule has 0 atom stereocenters. The quantitative estimate of drug-likeness (QED) is 0.0980. The van der Waals surface area contributed by atoms with Gasteiger partial charge in [-0.3, -0.25) is 4.52 Å². The zero-order chi connectivity index (χ0) is 22.6. The fourth-order valence-electron chi connectivity index (χ4n) is 4.03. The molecule has 0 heterocycles. The largest absolute Gasteiger partial charge is 0.469 e. The van der Waals surface area contributed by atoms with Crippen LogP contribution >= 0.6 is 7.82 Å². The molecular formula is C24H53NO4P+. The smallest absolute Gasteiger partial charge is 0.328 e. The van der Waals surface area contributed by atoms with Gasteiger partial charge in [0.2, 0.25) is 0 Å². The van der Waals surface area contributed by atoms with Crippen LogP contribution in [0, 0.1) is 0 Å². The molecule has 0 unspecified atom stereocenters. The molecule has 30 heavy (non-hydrogen) atoms. The summed E-state index contributed by atoms with van der Waals surface area (Å²) in [4.78, 5) is 17.3. The number of rotatable bonds is 23. The maximum Gasteiger partial charge on any atom is 0.469 e. The van der Waals surface area contributed by atoms with E-state index in [1.165, 1.54) is 109 Å². The first kappa shape index (κ1) is 30.1. The van der Waals surface area contributed by atoms with E-state index >= 15 is 0 Å². The van der Waals surface area contributed by atoms with Crippen molar-refractivity contribution in [3.63, 3.8) is 0 Å².